The number of phenolic OH excluding ortho intramolecular Hbond substituents is 1. The Morgan fingerprint density at radius 3 is 2.58 bits per heavy atom. The van der Waals surface area contributed by atoms with Crippen LogP contribution in [0, 0.1) is 12.8 Å². The van der Waals surface area contributed by atoms with Crippen molar-refractivity contribution in [2.24, 2.45) is 5.92 Å². The molecule has 0 aliphatic carbocycles. The number of aryl methyl sites for hydroxylation is 1. The molecule has 3 N–H and O–H groups in total. The van der Waals surface area contributed by atoms with Gasteiger partial charge in [0.15, 0.2) is 0 Å². The van der Waals surface area contributed by atoms with E-state index >= 15 is 0 Å². The Labute approximate surface area is 144 Å². The summed E-state index contributed by atoms with van der Waals surface area (Å²) in [5, 5.41) is 19.3. The summed E-state index contributed by atoms with van der Waals surface area (Å²) in [7, 11) is -0.319. The standard InChI is InChI=1S/C16H29N2O5P/c1-13-5-6-16(20)15(7-13)9-18(8-14(2)10-19)12-24(21,22)23-11-17(3)4/h5-7,14,19-20H,8-12H2,1-4H3,(H,21,22). The Hall–Kier alpha value is -0.950. The van der Waals surface area contributed by atoms with E-state index in [9.17, 15) is 19.7 Å². The maximum absolute atomic E-state index is 12.3. The molecule has 1 aromatic carbocycles. The van der Waals surface area contributed by atoms with Gasteiger partial charge in [0, 0.05) is 25.3 Å². The van der Waals surface area contributed by atoms with Crippen LogP contribution >= 0.6 is 7.60 Å². The second-order valence-corrected chi connectivity index (χ2v) is 8.36. The molecule has 8 heteroatoms. The minimum absolute atomic E-state index is 0.0232. The van der Waals surface area contributed by atoms with Crippen LogP contribution in [-0.2, 0) is 15.6 Å². The van der Waals surface area contributed by atoms with E-state index in [-0.39, 0.29) is 31.3 Å². The molecule has 138 valence electrons. The van der Waals surface area contributed by atoms with E-state index in [1.165, 1.54) is 0 Å². The number of hydrogen-bond acceptors (Lipinski definition) is 6. The van der Waals surface area contributed by atoms with Crippen LogP contribution in [0.25, 0.3) is 0 Å². The zero-order valence-electron chi connectivity index (χ0n) is 14.8. The van der Waals surface area contributed by atoms with Crippen molar-refractivity contribution in [2.75, 3.05) is 40.3 Å². The third-order valence-corrected chi connectivity index (χ3v) is 4.68. The summed E-state index contributed by atoms with van der Waals surface area (Å²) in [4.78, 5) is 13.5. The van der Waals surface area contributed by atoms with Gasteiger partial charge in [-0.3, -0.25) is 18.9 Å². The summed E-state index contributed by atoms with van der Waals surface area (Å²) >= 11 is 0. The molecule has 0 saturated heterocycles. The predicted molar refractivity (Wildman–Crippen MR) is 93.8 cm³/mol. The van der Waals surface area contributed by atoms with Gasteiger partial charge in [-0.1, -0.05) is 24.6 Å². The maximum Gasteiger partial charge on any atom is 0.343 e. The van der Waals surface area contributed by atoms with Crippen molar-refractivity contribution in [1.29, 1.82) is 0 Å². The number of aliphatic hydroxyl groups is 1. The van der Waals surface area contributed by atoms with Crippen molar-refractivity contribution in [2.45, 2.75) is 20.4 Å². The van der Waals surface area contributed by atoms with E-state index in [2.05, 4.69) is 0 Å². The van der Waals surface area contributed by atoms with Crippen LogP contribution in [0.1, 0.15) is 18.1 Å². The summed E-state index contributed by atoms with van der Waals surface area (Å²) in [6.45, 7) is 4.51. The average Bonchev–Trinajstić information content (AvgIpc) is 2.48. The predicted octanol–water partition coefficient (Wildman–Crippen LogP) is 1.81. The van der Waals surface area contributed by atoms with Gasteiger partial charge in [-0.15, -0.1) is 0 Å². The van der Waals surface area contributed by atoms with Gasteiger partial charge in [-0.2, -0.15) is 0 Å². The minimum atomic E-state index is -3.81. The minimum Gasteiger partial charge on any atom is -0.508 e. The van der Waals surface area contributed by atoms with E-state index in [4.69, 9.17) is 4.52 Å². The second kappa shape index (κ2) is 9.51. The highest BCUT2D eigenvalue weighted by Gasteiger charge is 2.25. The summed E-state index contributed by atoms with van der Waals surface area (Å²) in [6, 6.07) is 5.25. The lowest BCUT2D eigenvalue weighted by Gasteiger charge is -2.27. The van der Waals surface area contributed by atoms with Gasteiger partial charge in [0.25, 0.3) is 0 Å². The number of nitrogens with zero attached hydrogens (tertiary/aromatic N) is 2. The molecule has 0 aromatic heterocycles. The summed E-state index contributed by atoms with van der Waals surface area (Å²) in [5.41, 5.74) is 1.67. The molecule has 24 heavy (non-hydrogen) atoms. The topological polar surface area (TPSA) is 93.5 Å². The molecule has 2 unspecified atom stereocenters. The Bertz CT molecular complexity index is 567. The molecule has 2 atom stereocenters. The van der Waals surface area contributed by atoms with Gasteiger partial charge in [-0.05, 0) is 33.0 Å². The second-order valence-electron chi connectivity index (χ2n) is 6.55. The quantitative estimate of drug-likeness (QED) is 0.433. The third-order valence-electron chi connectivity index (χ3n) is 3.41. The molecule has 0 aliphatic heterocycles. The highest BCUT2D eigenvalue weighted by molar-refractivity contribution is 7.52. The molecule has 0 aliphatic rings. The lowest BCUT2D eigenvalue weighted by molar-refractivity contribution is 0.138. The molecular weight excluding hydrogens is 331 g/mol. The SMILES string of the molecule is Cc1ccc(O)c(CN(CC(C)CO)CP(=O)(O)OCN(C)C)c1. The summed E-state index contributed by atoms with van der Waals surface area (Å²) in [6.07, 6.45) is -0.168. The van der Waals surface area contributed by atoms with Crippen molar-refractivity contribution in [3.8, 4) is 5.75 Å². The Balaban J connectivity index is 2.87. The molecule has 1 aromatic rings. The van der Waals surface area contributed by atoms with Gasteiger partial charge in [0.1, 0.15) is 18.8 Å². The van der Waals surface area contributed by atoms with Crippen molar-refractivity contribution in [3.63, 3.8) is 0 Å². The van der Waals surface area contributed by atoms with Crippen molar-refractivity contribution in [3.05, 3.63) is 29.3 Å². The lowest BCUT2D eigenvalue weighted by atomic mass is 10.1. The van der Waals surface area contributed by atoms with Crippen molar-refractivity contribution >= 4 is 7.60 Å². The van der Waals surface area contributed by atoms with Crippen molar-refractivity contribution < 1.29 is 24.2 Å². The molecule has 0 saturated carbocycles. The molecule has 0 radical (unpaired) electrons. The van der Waals surface area contributed by atoms with Crippen LogP contribution in [0.5, 0.6) is 5.75 Å². The molecule has 1 rings (SSSR count). The van der Waals surface area contributed by atoms with E-state index in [1.54, 1.807) is 36.0 Å². The Morgan fingerprint density at radius 1 is 1.33 bits per heavy atom. The fourth-order valence-electron chi connectivity index (χ4n) is 2.25. The first kappa shape index (κ1) is 21.1. The first-order valence-electron chi connectivity index (χ1n) is 7.85. The molecule has 0 spiro atoms. The Morgan fingerprint density at radius 2 is 2.00 bits per heavy atom. The molecule has 0 bridgehead atoms. The maximum atomic E-state index is 12.3. The van der Waals surface area contributed by atoms with E-state index in [0.717, 1.165) is 5.56 Å². The van der Waals surface area contributed by atoms with Gasteiger partial charge in [-0.25, -0.2) is 0 Å². The third kappa shape index (κ3) is 7.75. The number of benzene rings is 1. The normalized spacial score (nSPS) is 15.7. The van der Waals surface area contributed by atoms with Crippen LogP contribution in [0.3, 0.4) is 0 Å². The Kier molecular flexibility index (Phi) is 8.36. The zero-order valence-corrected chi connectivity index (χ0v) is 15.7. The van der Waals surface area contributed by atoms with Gasteiger partial charge in [0.2, 0.25) is 0 Å². The largest absolute Gasteiger partial charge is 0.508 e. The molecule has 0 fully saturated rings. The first-order chi connectivity index (χ1) is 11.1. The van der Waals surface area contributed by atoms with Crippen LogP contribution in [0.4, 0.5) is 0 Å². The average molecular weight is 360 g/mol. The summed E-state index contributed by atoms with van der Waals surface area (Å²) in [5.74, 6) is 0.0787. The van der Waals surface area contributed by atoms with E-state index in [1.807, 2.05) is 19.9 Å². The molecule has 0 amide bonds. The van der Waals surface area contributed by atoms with Crippen LogP contribution in [0.2, 0.25) is 0 Å². The highest BCUT2D eigenvalue weighted by Crippen LogP contribution is 2.43. The summed E-state index contributed by atoms with van der Waals surface area (Å²) < 4.78 is 17.4. The number of aliphatic hydroxyl groups excluding tert-OH is 1. The number of rotatable bonds is 10. The van der Waals surface area contributed by atoms with E-state index < -0.39 is 7.60 Å². The monoisotopic (exact) mass is 360 g/mol. The smallest absolute Gasteiger partial charge is 0.343 e. The zero-order chi connectivity index (χ0) is 18.3. The van der Waals surface area contributed by atoms with Crippen LogP contribution in [-0.4, -0.2) is 65.2 Å². The van der Waals surface area contributed by atoms with Gasteiger partial charge >= 0.3 is 7.60 Å². The fraction of sp³-hybridized carbons (Fsp3) is 0.625. The van der Waals surface area contributed by atoms with Gasteiger partial charge in [0.05, 0.1) is 0 Å². The first-order valence-corrected chi connectivity index (χ1v) is 9.62. The molecule has 0 heterocycles. The number of phenols is 1. The molecular formula is C16H29N2O5P. The van der Waals surface area contributed by atoms with Crippen molar-refractivity contribution in [1.82, 2.24) is 9.80 Å². The van der Waals surface area contributed by atoms with E-state index in [0.29, 0.717) is 18.7 Å². The van der Waals surface area contributed by atoms with Crippen LogP contribution < -0.4 is 0 Å². The molecule has 7 nitrogen and oxygen atoms in total. The fourth-order valence-corrected chi connectivity index (χ4v) is 3.47. The van der Waals surface area contributed by atoms with Gasteiger partial charge < -0.3 is 15.1 Å². The van der Waals surface area contributed by atoms with Crippen LogP contribution in [0.15, 0.2) is 18.2 Å². The lowest BCUT2D eigenvalue weighted by Crippen LogP contribution is -2.31. The highest BCUT2D eigenvalue weighted by atomic mass is 31.2. The number of aromatic hydroxyl groups is 1. The number of hydrogen-bond donors (Lipinski definition) is 3.